The highest BCUT2D eigenvalue weighted by Gasteiger charge is 2.21. The highest BCUT2D eigenvalue weighted by molar-refractivity contribution is 9.10. The number of amidine groups is 1. The van der Waals surface area contributed by atoms with Crippen molar-refractivity contribution in [3.8, 4) is 5.75 Å². The summed E-state index contributed by atoms with van der Waals surface area (Å²) >= 11 is 9.46. The van der Waals surface area contributed by atoms with Crippen LogP contribution in [0.2, 0.25) is 5.02 Å². The van der Waals surface area contributed by atoms with Gasteiger partial charge in [-0.15, -0.1) is 0 Å². The van der Waals surface area contributed by atoms with Crippen molar-refractivity contribution in [2.45, 2.75) is 13.8 Å². The SMILES string of the molecule is C.COc1cc(Cl)cc(C(=O)Nc2ccc(Br)cn2)c1CC(=O)c1ccc(C(=N)N)cc1. The number of anilines is 1. The molecule has 0 aliphatic rings. The number of ketones is 1. The van der Waals surface area contributed by atoms with Crippen LogP contribution in [-0.2, 0) is 6.42 Å². The fraction of sp³-hybridized carbons (Fsp3) is 0.130. The van der Waals surface area contributed by atoms with E-state index >= 15 is 0 Å². The van der Waals surface area contributed by atoms with Crippen LogP contribution in [0.25, 0.3) is 0 Å². The molecule has 0 saturated carbocycles. The van der Waals surface area contributed by atoms with Gasteiger partial charge in [0, 0.05) is 44.4 Å². The van der Waals surface area contributed by atoms with Gasteiger partial charge in [0.05, 0.1) is 7.11 Å². The van der Waals surface area contributed by atoms with E-state index in [9.17, 15) is 9.59 Å². The lowest BCUT2D eigenvalue weighted by atomic mass is 9.96. The number of halogens is 2. The maximum Gasteiger partial charge on any atom is 0.257 e. The summed E-state index contributed by atoms with van der Waals surface area (Å²) in [5.41, 5.74) is 7.01. The summed E-state index contributed by atoms with van der Waals surface area (Å²) in [6, 6.07) is 12.8. The third-order valence-corrected chi connectivity index (χ3v) is 5.15. The molecule has 1 amide bonds. The van der Waals surface area contributed by atoms with Crippen molar-refractivity contribution < 1.29 is 14.3 Å². The van der Waals surface area contributed by atoms with E-state index in [0.29, 0.717) is 33.3 Å². The number of hydrogen-bond acceptors (Lipinski definition) is 5. The van der Waals surface area contributed by atoms with Crippen molar-refractivity contribution in [3.63, 3.8) is 0 Å². The van der Waals surface area contributed by atoms with Crippen molar-refractivity contribution in [1.29, 1.82) is 5.41 Å². The van der Waals surface area contributed by atoms with Gasteiger partial charge in [0.15, 0.2) is 5.78 Å². The number of nitrogens with one attached hydrogen (secondary N) is 2. The second-order valence-corrected chi connectivity index (χ2v) is 7.89. The summed E-state index contributed by atoms with van der Waals surface area (Å²) in [5.74, 6) is -0.102. The maximum absolute atomic E-state index is 13.0. The van der Waals surface area contributed by atoms with Crippen LogP contribution in [0.4, 0.5) is 5.82 Å². The molecular formula is C23H22BrClN4O3. The van der Waals surface area contributed by atoms with Gasteiger partial charge in [0.2, 0.25) is 0 Å². The summed E-state index contributed by atoms with van der Waals surface area (Å²) in [4.78, 5) is 30.0. The standard InChI is InChI=1S/C22H18BrClN4O3.CH4/c1-31-19-9-15(24)8-17(22(30)28-20-7-6-14(23)11-27-20)16(19)10-18(29)12-2-4-13(5-3-12)21(25)26;/h2-9,11H,10H2,1H3,(H3,25,26)(H,27,28,30);1H4. The average Bonchev–Trinajstić information content (AvgIpc) is 2.76. The highest BCUT2D eigenvalue weighted by Crippen LogP contribution is 2.29. The smallest absolute Gasteiger partial charge is 0.257 e. The van der Waals surface area contributed by atoms with Gasteiger partial charge in [0.1, 0.15) is 17.4 Å². The number of carbonyl (C=O) groups excluding carboxylic acids is 2. The largest absolute Gasteiger partial charge is 0.496 e. The second-order valence-electron chi connectivity index (χ2n) is 6.54. The van der Waals surface area contributed by atoms with Crippen molar-refractivity contribution in [1.82, 2.24) is 4.98 Å². The minimum absolute atomic E-state index is 0. The molecule has 3 aromatic rings. The number of Topliss-reactive ketones (excluding diaryl/α,β-unsaturated/α-hetero) is 1. The van der Waals surface area contributed by atoms with Crippen LogP contribution >= 0.6 is 27.5 Å². The van der Waals surface area contributed by atoms with Crippen molar-refractivity contribution in [2.75, 3.05) is 12.4 Å². The number of hydrogen-bond donors (Lipinski definition) is 3. The lowest BCUT2D eigenvalue weighted by molar-refractivity contribution is 0.0991. The first-order valence-corrected chi connectivity index (χ1v) is 10.2. The fourth-order valence-corrected chi connectivity index (χ4v) is 3.35. The van der Waals surface area contributed by atoms with Gasteiger partial charge in [-0.25, -0.2) is 4.98 Å². The third-order valence-electron chi connectivity index (χ3n) is 4.46. The Kier molecular flexibility index (Phi) is 8.51. The molecule has 0 bridgehead atoms. The van der Waals surface area contributed by atoms with E-state index in [1.54, 1.807) is 48.7 Å². The predicted octanol–water partition coefficient (Wildman–Crippen LogP) is 5.10. The Hall–Kier alpha value is -3.23. The van der Waals surface area contributed by atoms with Crippen molar-refractivity contribution >= 4 is 50.9 Å². The molecule has 0 fully saturated rings. The molecule has 0 radical (unpaired) electrons. The molecule has 9 heteroatoms. The monoisotopic (exact) mass is 516 g/mol. The number of nitrogens with zero attached hydrogens (tertiary/aromatic N) is 1. The normalized spacial score (nSPS) is 10.1. The molecule has 4 N–H and O–H groups in total. The second kappa shape index (κ2) is 10.9. The minimum Gasteiger partial charge on any atom is -0.496 e. The van der Waals surface area contributed by atoms with E-state index in [2.05, 4.69) is 26.2 Å². The van der Waals surface area contributed by atoms with Gasteiger partial charge in [-0.05, 0) is 40.2 Å². The van der Waals surface area contributed by atoms with Crippen LogP contribution in [0.3, 0.4) is 0 Å². The Bertz CT molecular complexity index is 1150. The number of methoxy groups -OCH3 is 1. The van der Waals surface area contributed by atoms with Gasteiger partial charge in [-0.1, -0.05) is 43.3 Å². The number of rotatable bonds is 7. The Labute approximate surface area is 199 Å². The molecule has 0 saturated heterocycles. The molecular weight excluding hydrogens is 496 g/mol. The Balaban J connectivity index is 0.00000363. The molecule has 0 atom stereocenters. The quantitative estimate of drug-likeness (QED) is 0.229. The zero-order valence-corrected chi connectivity index (χ0v) is 18.8. The molecule has 0 aliphatic heterocycles. The summed E-state index contributed by atoms with van der Waals surface area (Å²) in [7, 11) is 1.44. The zero-order valence-electron chi connectivity index (χ0n) is 16.4. The lowest BCUT2D eigenvalue weighted by Crippen LogP contribution is -2.18. The molecule has 7 nitrogen and oxygen atoms in total. The first-order chi connectivity index (χ1) is 14.8. The van der Waals surface area contributed by atoms with Gasteiger partial charge in [-0.2, -0.15) is 0 Å². The first-order valence-electron chi connectivity index (χ1n) is 9.05. The van der Waals surface area contributed by atoms with Crippen LogP contribution < -0.4 is 15.8 Å². The number of carbonyl (C=O) groups is 2. The molecule has 166 valence electrons. The van der Waals surface area contributed by atoms with Crippen molar-refractivity contribution in [3.05, 3.63) is 86.5 Å². The predicted molar refractivity (Wildman–Crippen MR) is 130 cm³/mol. The topological polar surface area (TPSA) is 118 Å². The maximum atomic E-state index is 13.0. The molecule has 3 rings (SSSR count). The Morgan fingerprint density at radius 1 is 1.16 bits per heavy atom. The van der Waals surface area contributed by atoms with Gasteiger partial charge >= 0.3 is 0 Å². The third kappa shape index (κ3) is 5.93. The number of amides is 1. The minimum atomic E-state index is -0.467. The van der Waals surface area contributed by atoms with E-state index < -0.39 is 5.91 Å². The fourth-order valence-electron chi connectivity index (χ4n) is 2.91. The number of aromatic nitrogens is 1. The zero-order chi connectivity index (χ0) is 22.5. The molecule has 2 aromatic carbocycles. The number of pyridine rings is 1. The van der Waals surface area contributed by atoms with E-state index in [4.69, 9.17) is 27.5 Å². The van der Waals surface area contributed by atoms with Crippen LogP contribution in [0.1, 0.15) is 39.3 Å². The Morgan fingerprint density at radius 3 is 2.38 bits per heavy atom. The molecule has 1 aromatic heterocycles. The van der Waals surface area contributed by atoms with Crippen molar-refractivity contribution in [2.24, 2.45) is 5.73 Å². The van der Waals surface area contributed by atoms with Crippen LogP contribution in [0, 0.1) is 5.41 Å². The molecule has 0 aliphatic carbocycles. The first kappa shape index (κ1) is 25.0. The molecule has 0 unspecified atom stereocenters. The number of nitrogen functional groups attached to an aromatic ring is 1. The summed E-state index contributed by atoms with van der Waals surface area (Å²) < 4.78 is 6.16. The van der Waals surface area contributed by atoms with Crippen LogP contribution in [-0.4, -0.2) is 29.6 Å². The van der Waals surface area contributed by atoms with E-state index in [1.165, 1.54) is 13.2 Å². The summed E-state index contributed by atoms with van der Waals surface area (Å²) in [5, 5.41) is 10.5. The average molecular weight is 518 g/mol. The highest BCUT2D eigenvalue weighted by atomic mass is 79.9. The van der Waals surface area contributed by atoms with Gasteiger partial charge in [-0.3, -0.25) is 15.0 Å². The number of ether oxygens (including phenoxy) is 1. The van der Waals surface area contributed by atoms with Gasteiger partial charge in [0.25, 0.3) is 5.91 Å². The van der Waals surface area contributed by atoms with E-state index in [-0.39, 0.29) is 31.0 Å². The van der Waals surface area contributed by atoms with Crippen LogP contribution in [0.5, 0.6) is 5.75 Å². The van der Waals surface area contributed by atoms with Gasteiger partial charge < -0.3 is 15.8 Å². The lowest BCUT2D eigenvalue weighted by Gasteiger charge is -2.14. The molecule has 32 heavy (non-hydrogen) atoms. The van der Waals surface area contributed by atoms with E-state index in [0.717, 1.165) is 4.47 Å². The Morgan fingerprint density at radius 2 is 1.81 bits per heavy atom. The molecule has 0 spiro atoms. The summed E-state index contributed by atoms with van der Waals surface area (Å²) in [6.45, 7) is 0. The molecule has 1 heterocycles. The number of nitrogens with two attached hydrogens (primary N) is 1. The number of benzene rings is 2. The summed E-state index contributed by atoms with van der Waals surface area (Å²) in [6.07, 6.45) is 1.47. The van der Waals surface area contributed by atoms with Crippen LogP contribution in [0.15, 0.2) is 59.2 Å². The van der Waals surface area contributed by atoms with E-state index in [1.807, 2.05) is 0 Å².